The molecule has 8 heteroatoms. The third kappa shape index (κ3) is 3.61. The van der Waals surface area contributed by atoms with E-state index in [0.29, 0.717) is 21.5 Å². The summed E-state index contributed by atoms with van der Waals surface area (Å²) in [5, 5.41) is 8.05. The third-order valence-electron chi connectivity index (χ3n) is 3.56. The van der Waals surface area contributed by atoms with Crippen molar-refractivity contribution in [1.29, 1.82) is 0 Å². The summed E-state index contributed by atoms with van der Waals surface area (Å²) in [6, 6.07) is 13.2. The Morgan fingerprint density at radius 2 is 2.15 bits per heavy atom. The molecule has 0 aliphatic heterocycles. The van der Waals surface area contributed by atoms with Gasteiger partial charge in [-0.05, 0) is 31.2 Å². The van der Waals surface area contributed by atoms with Crippen LogP contribution in [-0.4, -0.2) is 21.0 Å². The first-order valence-corrected chi connectivity index (χ1v) is 9.66. The van der Waals surface area contributed by atoms with E-state index < -0.39 is 0 Å². The van der Waals surface area contributed by atoms with E-state index in [1.54, 1.807) is 18.3 Å². The Balaban J connectivity index is 1.52. The van der Waals surface area contributed by atoms with Crippen LogP contribution in [0.25, 0.3) is 10.2 Å². The smallest absolute Gasteiger partial charge is 0.260 e. The predicted molar refractivity (Wildman–Crippen MR) is 103 cm³/mol. The molecule has 0 fully saturated rings. The number of thiazole rings is 1. The molecule has 0 bridgehead atoms. The molecule has 3 aromatic heterocycles. The topological polar surface area (TPSA) is 80.9 Å². The number of fused-ring (bicyclic) bond motifs is 1. The van der Waals surface area contributed by atoms with E-state index in [1.807, 2.05) is 37.3 Å². The van der Waals surface area contributed by atoms with Crippen LogP contribution >= 0.6 is 23.1 Å². The minimum atomic E-state index is -0.226. The highest BCUT2D eigenvalue weighted by atomic mass is 32.2. The van der Waals surface area contributed by atoms with E-state index in [0.717, 1.165) is 21.7 Å². The summed E-state index contributed by atoms with van der Waals surface area (Å²) in [6.07, 6.45) is 1.67. The van der Waals surface area contributed by atoms with Crippen LogP contribution in [0.5, 0.6) is 0 Å². The van der Waals surface area contributed by atoms with Crippen LogP contribution in [0.1, 0.15) is 21.8 Å². The van der Waals surface area contributed by atoms with Gasteiger partial charge >= 0.3 is 0 Å². The summed E-state index contributed by atoms with van der Waals surface area (Å²) >= 11 is 2.89. The second-order valence-corrected chi connectivity index (χ2v) is 7.51. The number of para-hydroxylation sites is 1. The van der Waals surface area contributed by atoms with Gasteiger partial charge in [-0.2, -0.15) is 0 Å². The van der Waals surface area contributed by atoms with E-state index in [9.17, 15) is 4.79 Å². The Kier molecular flexibility index (Phi) is 4.68. The number of pyridine rings is 1. The minimum absolute atomic E-state index is 0.226. The fraction of sp³-hybridized carbons (Fsp3) is 0.111. The standard InChI is InChI=1S/C18H14N4O2S2/c1-11-9-12(22-24-11)10-25-17-13(5-4-8-19-17)16(23)21-18-20-14-6-2-3-7-15(14)26-18/h2-9H,10H2,1H3,(H,20,21,23). The molecule has 0 aliphatic rings. The zero-order valence-corrected chi connectivity index (χ0v) is 15.4. The summed E-state index contributed by atoms with van der Waals surface area (Å²) in [6.45, 7) is 1.85. The number of aryl methyl sites for hydroxylation is 1. The number of rotatable bonds is 5. The third-order valence-corrected chi connectivity index (χ3v) is 5.55. The number of nitrogens with zero attached hydrogens (tertiary/aromatic N) is 3. The first kappa shape index (κ1) is 16.7. The molecule has 6 nitrogen and oxygen atoms in total. The van der Waals surface area contributed by atoms with Gasteiger partial charge in [0.1, 0.15) is 10.8 Å². The quantitative estimate of drug-likeness (QED) is 0.511. The highest BCUT2D eigenvalue weighted by Gasteiger charge is 2.15. The Morgan fingerprint density at radius 3 is 2.96 bits per heavy atom. The molecule has 4 rings (SSSR count). The molecule has 0 saturated carbocycles. The lowest BCUT2D eigenvalue weighted by molar-refractivity contribution is 0.102. The Labute approximate surface area is 157 Å². The van der Waals surface area contributed by atoms with Crippen molar-refractivity contribution in [1.82, 2.24) is 15.1 Å². The second kappa shape index (κ2) is 7.27. The second-order valence-electron chi connectivity index (χ2n) is 5.51. The first-order chi connectivity index (χ1) is 12.7. The number of amides is 1. The van der Waals surface area contributed by atoms with Gasteiger partial charge < -0.3 is 4.52 Å². The van der Waals surface area contributed by atoms with Gasteiger partial charge in [0, 0.05) is 18.0 Å². The maximum atomic E-state index is 12.7. The van der Waals surface area contributed by atoms with E-state index >= 15 is 0 Å². The number of hydrogen-bond donors (Lipinski definition) is 1. The van der Waals surface area contributed by atoms with E-state index in [2.05, 4.69) is 20.4 Å². The normalized spacial score (nSPS) is 11.0. The van der Waals surface area contributed by atoms with E-state index in [1.165, 1.54) is 23.1 Å². The lowest BCUT2D eigenvalue weighted by Gasteiger charge is -2.06. The van der Waals surface area contributed by atoms with E-state index in [-0.39, 0.29) is 5.91 Å². The van der Waals surface area contributed by atoms with Crippen LogP contribution in [0.3, 0.4) is 0 Å². The van der Waals surface area contributed by atoms with Crippen molar-refractivity contribution in [2.75, 3.05) is 5.32 Å². The summed E-state index contributed by atoms with van der Waals surface area (Å²) in [4.78, 5) is 21.5. The van der Waals surface area contributed by atoms with Crippen molar-refractivity contribution in [3.63, 3.8) is 0 Å². The fourth-order valence-corrected chi connectivity index (χ4v) is 4.13. The SMILES string of the molecule is Cc1cc(CSc2ncccc2C(=O)Nc2nc3ccccc3s2)no1. The number of aromatic nitrogens is 3. The molecular weight excluding hydrogens is 368 g/mol. The molecule has 1 aromatic carbocycles. The molecular formula is C18H14N4O2S2. The maximum absolute atomic E-state index is 12.7. The number of anilines is 1. The Hall–Kier alpha value is -2.71. The predicted octanol–water partition coefficient (Wildman–Crippen LogP) is 4.53. The van der Waals surface area contributed by atoms with E-state index in [4.69, 9.17) is 4.52 Å². The maximum Gasteiger partial charge on any atom is 0.260 e. The number of thioether (sulfide) groups is 1. The number of hydrogen-bond acceptors (Lipinski definition) is 7. The zero-order valence-electron chi connectivity index (χ0n) is 13.8. The summed E-state index contributed by atoms with van der Waals surface area (Å²) in [5.74, 6) is 1.11. The zero-order chi connectivity index (χ0) is 17.9. The molecule has 130 valence electrons. The molecule has 1 N–H and O–H groups in total. The van der Waals surface area contributed by atoms with Gasteiger partial charge in [0.05, 0.1) is 21.5 Å². The van der Waals surface area contributed by atoms with Crippen molar-refractivity contribution in [3.05, 3.63) is 65.7 Å². The van der Waals surface area contributed by atoms with Crippen LogP contribution in [-0.2, 0) is 5.75 Å². The average molecular weight is 382 g/mol. The number of nitrogens with one attached hydrogen (secondary N) is 1. The Morgan fingerprint density at radius 1 is 1.27 bits per heavy atom. The first-order valence-electron chi connectivity index (χ1n) is 7.86. The highest BCUT2D eigenvalue weighted by molar-refractivity contribution is 7.98. The molecule has 0 spiro atoms. The van der Waals surface area contributed by atoms with Crippen molar-refractivity contribution in [2.45, 2.75) is 17.7 Å². The van der Waals surface area contributed by atoms with Crippen molar-refractivity contribution < 1.29 is 9.32 Å². The summed E-state index contributed by atoms with van der Waals surface area (Å²) < 4.78 is 6.10. The lowest BCUT2D eigenvalue weighted by atomic mass is 10.3. The van der Waals surface area contributed by atoms with Crippen LogP contribution < -0.4 is 5.32 Å². The fourth-order valence-electron chi connectivity index (χ4n) is 2.40. The molecule has 1 amide bonds. The molecule has 0 unspecified atom stereocenters. The monoisotopic (exact) mass is 382 g/mol. The molecule has 26 heavy (non-hydrogen) atoms. The van der Waals surface area contributed by atoms with Gasteiger partial charge in [0.2, 0.25) is 0 Å². The number of carbonyl (C=O) groups excluding carboxylic acids is 1. The van der Waals surface area contributed by atoms with Crippen molar-refractivity contribution in [2.24, 2.45) is 0 Å². The average Bonchev–Trinajstić information content (AvgIpc) is 3.25. The van der Waals surface area contributed by atoms with Crippen LogP contribution in [0.4, 0.5) is 5.13 Å². The lowest BCUT2D eigenvalue weighted by Crippen LogP contribution is -2.13. The largest absolute Gasteiger partial charge is 0.361 e. The molecule has 0 radical (unpaired) electrons. The van der Waals surface area contributed by atoms with Gasteiger partial charge in [-0.25, -0.2) is 9.97 Å². The van der Waals surface area contributed by atoms with Crippen LogP contribution in [0.15, 0.2) is 58.2 Å². The molecule has 0 aliphatic carbocycles. The van der Waals surface area contributed by atoms with Crippen molar-refractivity contribution >= 4 is 44.4 Å². The molecule has 0 saturated heterocycles. The summed E-state index contributed by atoms with van der Waals surface area (Å²) in [7, 11) is 0. The highest BCUT2D eigenvalue weighted by Crippen LogP contribution is 2.28. The van der Waals surface area contributed by atoms with Gasteiger partial charge in [-0.3, -0.25) is 10.1 Å². The molecule has 0 atom stereocenters. The van der Waals surface area contributed by atoms with Gasteiger partial charge in [0.15, 0.2) is 5.13 Å². The number of carbonyl (C=O) groups is 1. The minimum Gasteiger partial charge on any atom is -0.361 e. The van der Waals surface area contributed by atoms with Gasteiger partial charge in [0.25, 0.3) is 5.91 Å². The summed E-state index contributed by atoms with van der Waals surface area (Å²) in [5.41, 5.74) is 2.20. The molecule has 3 heterocycles. The van der Waals surface area contributed by atoms with Crippen LogP contribution in [0.2, 0.25) is 0 Å². The van der Waals surface area contributed by atoms with Crippen molar-refractivity contribution in [3.8, 4) is 0 Å². The van der Waals surface area contributed by atoms with Crippen LogP contribution in [0, 0.1) is 6.92 Å². The van der Waals surface area contributed by atoms with Gasteiger partial charge in [-0.1, -0.05) is 40.4 Å². The van der Waals surface area contributed by atoms with Gasteiger partial charge in [-0.15, -0.1) is 0 Å². The number of benzene rings is 1. The molecule has 4 aromatic rings. The Bertz CT molecular complexity index is 1040.